The maximum atomic E-state index is 13.3. The first-order valence-corrected chi connectivity index (χ1v) is 12.8. The van der Waals surface area contributed by atoms with Crippen LogP contribution in [0, 0.1) is 13.8 Å². The van der Waals surface area contributed by atoms with Gasteiger partial charge in [-0.1, -0.05) is 17.8 Å². The summed E-state index contributed by atoms with van der Waals surface area (Å²) in [5, 5.41) is 1.33. The average molecular weight is 480 g/mol. The number of hydrogen-bond donors (Lipinski definition) is 0. The summed E-state index contributed by atoms with van der Waals surface area (Å²) >= 11 is 2.94. The normalized spacial score (nSPS) is 13.0. The minimum absolute atomic E-state index is 0.0203. The maximum absolute atomic E-state index is 13.3. The predicted octanol–water partition coefficient (Wildman–Crippen LogP) is 5.17. The van der Waals surface area contributed by atoms with Crippen LogP contribution in [0.3, 0.4) is 0 Å². The molecule has 1 aliphatic carbocycles. The van der Waals surface area contributed by atoms with Crippen molar-refractivity contribution in [1.82, 2.24) is 14.1 Å². The van der Waals surface area contributed by atoms with E-state index in [1.54, 1.807) is 28.2 Å². The molecule has 33 heavy (non-hydrogen) atoms. The van der Waals surface area contributed by atoms with Gasteiger partial charge in [-0.25, -0.2) is 4.98 Å². The van der Waals surface area contributed by atoms with Gasteiger partial charge in [-0.15, -0.1) is 17.9 Å². The summed E-state index contributed by atoms with van der Waals surface area (Å²) in [6.45, 7) is 8.72. The fraction of sp³-hybridized carbons (Fsp3) is 0.320. The molecular weight excluding hydrogens is 454 g/mol. The highest BCUT2D eigenvalue weighted by Crippen LogP contribution is 2.35. The number of hydrogen-bond acceptors (Lipinski definition) is 6. The minimum atomic E-state index is -0.0223. The number of carbonyl (C=O) groups excluding carboxylic acids is 1. The molecule has 4 aromatic heterocycles. The maximum Gasteiger partial charge on any atom is 0.263 e. The largest absolute Gasteiger partial charge is 0.467 e. The molecule has 0 unspecified atom stereocenters. The number of furan rings is 1. The van der Waals surface area contributed by atoms with Crippen LogP contribution >= 0.6 is 23.1 Å². The van der Waals surface area contributed by atoms with Crippen molar-refractivity contribution in [3.05, 3.63) is 80.6 Å². The van der Waals surface area contributed by atoms with E-state index in [2.05, 4.69) is 11.1 Å². The first-order chi connectivity index (χ1) is 16.0. The molecule has 0 aliphatic heterocycles. The third-order valence-corrected chi connectivity index (χ3v) is 8.36. The molecule has 6 nitrogen and oxygen atoms in total. The van der Waals surface area contributed by atoms with Gasteiger partial charge in [0, 0.05) is 28.4 Å². The Morgan fingerprint density at radius 3 is 2.94 bits per heavy atom. The Kier molecular flexibility index (Phi) is 5.88. The Hall–Kier alpha value is -2.84. The molecule has 0 aromatic carbocycles. The van der Waals surface area contributed by atoms with E-state index < -0.39 is 0 Å². The molecule has 0 fully saturated rings. The number of rotatable bonds is 8. The van der Waals surface area contributed by atoms with Crippen molar-refractivity contribution in [1.29, 1.82) is 0 Å². The van der Waals surface area contributed by atoms with Crippen molar-refractivity contribution >= 4 is 39.1 Å². The zero-order valence-corrected chi connectivity index (χ0v) is 20.4. The van der Waals surface area contributed by atoms with Gasteiger partial charge in [0.15, 0.2) is 10.9 Å². The number of aryl methyl sites for hydroxylation is 3. The lowest BCUT2D eigenvalue weighted by Gasteiger charge is -2.10. The molecule has 0 N–H and O–H groups in total. The molecule has 0 spiro atoms. The summed E-state index contributed by atoms with van der Waals surface area (Å²) in [6, 6.07) is 5.72. The number of aromatic nitrogens is 3. The molecule has 0 atom stereocenters. The van der Waals surface area contributed by atoms with Crippen LogP contribution in [0.2, 0.25) is 0 Å². The van der Waals surface area contributed by atoms with Gasteiger partial charge in [0.2, 0.25) is 0 Å². The number of allylic oxidation sites excluding steroid dienone is 1. The second-order valence-electron chi connectivity index (χ2n) is 8.30. The number of fused-ring (bicyclic) bond motifs is 3. The molecule has 0 amide bonds. The van der Waals surface area contributed by atoms with Crippen molar-refractivity contribution in [3.63, 3.8) is 0 Å². The van der Waals surface area contributed by atoms with E-state index in [-0.39, 0.29) is 17.1 Å². The van der Waals surface area contributed by atoms with Gasteiger partial charge in [0.05, 0.1) is 23.9 Å². The molecule has 0 bridgehead atoms. The molecule has 0 saturated heterocycles. The molecule has 5 rings (SSSR count). The van der Waals surface area contributed by atoms with E-state index >= 15 is 0 Å². The standard InChI is InChI=1S/C25H25N3O3S2/c1-4-10-27-24(30)22-18-8-5-9-21(18)33-23(22)26-25(27)32-14-20(29)19-12-15(2)28(16(19)3)13-17-7-6-11-31-17/h4,6-7,11-12H,1,5,8-10,13-14H2,2-3H3. The molecule has 8 heteroatoms. The van der Waals surface area contributed by atoms with Crippen LogP contribution in [-0.2, 0) is 25.9 Å². The summed E-state index contributed by atoms with van der Waals surface area (Å²) in [5.41, 5.74) is 3.76. The van der Waals surface area contributed by atoms with Crippen molar-refractivity contribution in [2.45, 2.75) is 51.4 Å². The van der Waals surface area contributed by atoms with Crippen LogP contribution in [0.1, 0.15) is 44.4 Å². The highest BCUT2D eigenvalue weighted by Gasteiger charge is 2.24. The second-order valence-corrected chi connectivity index (χ2v) is 10.3. The van der Waals surface area contributed by atoms with Gasteiger partial charge in [0.1, 0.15) is 10.6 Å². The van der Waals surface area contributed by atoms with E-state index in [4.69, 9.17) is 9.40 Å². The summed E-state index contributed by atoms with van der Waals surface area (Å²) in [6.07, 6.45) is 6.42. The average Bonchev–Trinajstić information content (AvgIpc) is 3.56. The Morgan fingerprint density at radius 2 is 2.18 bits per heavy atom. The lowest BCUT2D eigenvalue weighted by molar-refractivity contribution is 0.102. The van der Waals surface area contributed by atoms with Gasteiger partial charge >= 0.3 is 0 Å². The summed E-state index contributed by atoms with van der Waals surface area (Å²) in [5.74, 6) is 1.08. The number of thiophene rings is 1. The van der Waals surface area contributed by atoms with Crippen molar-refractivity contribution in [2.24, 2.45) is 0 Å². The van der Waals surface area contributed by atoms with E-state index in [1.807, 2.05) is 32.0 Å². The minimum Gasteiger partial charge on any atom is -0.467 e. The molecular formula is C25H25N3O3S2. The van der Waals surface area contributed by atoms with Gasteiger partial charge < -0.3 is 8.98 Å². The topological polar surface area (TPSA) is 70.0 Å². The Balaban J connectivity index is 1.42. The Labute approximate surface area is 199 Å². The summed E-state index contributed by atoms with van der Waals surface area (Å²) < 4.78 is 9.21. The zero-order chi connectivity index (χ0) is 23.1. The van der Waals surface area contributed by atoms with Crippen LogP contribution in [0.4, 0.5) is 0 Å². The van der Waals surface area contributed by atoms with E-state index in [0.717, 1.165) is 46.6 Å². The number of carbonyl (C=O) groups is 1. The van der Waals surface area contributed by atoms with Crippen molar-refractivity contribution in [2.75, 3.05) is 5.75 Å². The monoisotopic (exact) mass is 479 g/mol. The van der Waals surface area contributed by atoms with Gasteiger partial charge in [0.25, 0.3) is 5.56 Å². The molecule has 0 saturated carbocycles. The molecule has 4 aromatic rings. The van der Waals surface area contributed by atoms with Crippen molar-refractivity contribution in [3.8, 4) is 0 Å². The zero-order valence-electron chi connectivity index (χ0n) is 18.7. The fourth-order valence-electron chi connectivity index (χ4n) is 4.55. The summed E-state index contributed by atoms with van der Waals surface area (Å²) in [7, 11) is 0. The predicted molar refractivity (Wildman–Crippen MR) is 133 cm³/mol. The smallest absolute Gasteiger partial charge is 0.263 e. The lowest BCUT2D eigenvalue weighted by atomic mass is 10.2. The number of thioether (sulfide) groups is 1. The van der Waals surface area contributed by atoms with Crippen LogP contribution in [0.15, 0.2) is 51.5 Å². The number of Topliss-reactive ketones (excluding diaryl/α,β-unsaturated/α-hetero) is 1. The van der Waals surface area contributed by atoms with Gasteiger partial charge in [-0.2, -0.15) is 0 Å². The highest BCUT2D eigenvalue weighted by atomic mass is 32.2. The second kappa shape index (κ2) is 8.83. The van der Waals surface area contributed by atoms with Crippen LogP contribution < -0.4 is 5.56 Å². The van der Waals surface area contributed by atoms with Gasteiger partial charge in [-0.3, -0.25) is 14.2 Å². The SMILES string of the molecule is C=CCn1c(SCC(=O)c2cc(C)n(Cc3ccco3)c2C)nc2sc3c(c2c1=O)CCC3. The first kappa shape index (κ1) is 22.0. The summed E-state index contributed by atoms with van der Waals surface area (Å²) in [4.78, 5) is 33.3. The third kappa shape index (κ3) is 3.91. The molecule has 0 radical (unpaired) electrons. The number of ketones is 1. The molecule has 170 valence electrons. The Bertz CT molecular complexity index is 1420. The van der Waals surface area contributed by atoms with Crippen molar-refractivity contribution < 1.29 is 9.21 Å². The lowest BCUT2D eigenvalue weighted by Crippen LogP contribution is -2.23. The highest BCUT2D eigenvalue weighted by molar-refractivity contribution is 7.99. The van der Waals surface area contributed by atoms with Crippen LogP contribution in [0.25, 0.3) is 10.2 Å². The van der Waals surface area contributed by atoms with Gasteiger partial charge in [-0.05, 0) is 56.9 Å². The number of nitrogens with zero attached hydrogens (tertiary/aromatic N) is 3. The first-order valence-electron chi connectivity index (χ1n) is 11.0. The molecule has 4 heterocycles. The van der Waals surface area contributed by atoms with E-state index in [0.29, 0.717) is 23.8 Å². The fourth-order valence-corrected chi connectivity index (χ4v) is 6.75. The molecule has 1 aliphatic rings. The third-order valence-electron chi connectivity index (χ3n) is 6.20. The van der Waals surface area contributed by atoms with Crippen LogP contribution in [-0.4, -0.2) is 25.7 Å². The Morgan fingerprint density at radius 1 is 1.33 bits per heavy atom. The van der Waals surface area contributed by atoms with Crippen LogP contribution in [0.5, 0.6) is 0 Å². The van der Waals surface area contributed by atoms with E-state index in [1.165, 1.54) is 22.2 Å². The van der Waals surface area contributed by atoms with E-state index in [9.17, 15) is 9.59 Å². The quantitative estimate of drug-likeness (QED) is 0.151.